The van der Waals surface area contributed by atoms with Crippen molar-refractivity contribution in [3.05, 3.63) is 35.9 Å². The SMILES string of the molecule is CN(C)CC(NC(=O)C1CC12CCNCC2)c1ccccc1.Cl.Cl. The van der Waals surface area contributed by atoms with E-state index in [9.17, 15) is 4.79 Å². The number of likely N-dealkylation sites (N-methyl/N-ethyl adjacent to an activating group) is 1. The van der Waals surface area contributed by atoms with Gasteiger partial charge in [0.25, 0.3) is 0 Å². The van der Waals surface area contributed by atoms with Gasteiger partial charge < -0.3 is 15.5 Å². The second-order valence-electron chi connectivity index (χ2n) is 7.10. The van der Waals surface area contributed by atoms with Crippen LogP contribution in [0.1, 0.15) is 30.9 Å². The lowest BCUT2D eigenvalue weighted by molar-refractivity contribution is -0.124. The predicted octanol–water partition coefficient (Wildman–Crippen LogP) is 2.64. The van der Waals surface area contributed by atoms with Gasteiger partial charge in [-0.1, -0.05) is 30.3 Å². The van der Waals surface area contributed by atoms with E-state index in [0.29, 0.717) is 5.41 Å². The van der Waals surface area contributed by atoms with Crippen molar-refractivity contribution in [1.82, 2.24) is 15.5 Å². The molecule has 0 bridgehead atoms. The first-order valence-electron chi connectivity index (χ1n) is 8.31. The summed E-state index contributed by atoms with van der Waals surface area (Å²) >= 11 is 0. The standard InChI is InChI=1S/C18H27N3O.2ClH/c1-21(2)13-16(14-6-4-3-5-7-14)20-17(22)15-12-18(15)8-10-19-11-9-18;;/h3-7,15-16,19H,8-13H2,1-2H3,(H,20,22);2*1H. The largest absolute Gasteiger partial charge is 0.348 e. The topological polar surface area (TPSA) is 44.4 Å². The molecule has 2 N–H and O–H groups in total. The first-order valence-corrected chi connectivity index (χ1v) is 8.31. The Morgan fingerprint density at radius 3 is 2.46 bits per heavy atom. The number of hydrogen-bond acceptors (Lipinski definition) is 3. The van der Waals surface area contributed by atoms with Crippen molar-refractivity contribution >= 4 is 30.7 Å². The van der Waals surface area contributed by atoms with Crippen LogP contribution < -0.4 is 10.6 Å². The molecule has 2 fully saturated rings. The fourth-order valence-electron chi connectivity index (χ4n) is 3.75. The summed E-state index contributed by atoms with van der Waals surface area (Å²) < 4.78 is 0. The molecule has 2 aliphatic rings. The highest BCUT2D eigenvalue weighted by molar-refractivity contribution is 5.85. The Balaban J connectivity index is 0.00000144. The van der Waals surface area contributed by atoms with E-state index in [1.165, 1.54) is 5.56 Å². The summed E-state index contributed by atoms with van der Waals surface area (Å²) in [6, 6.07) is 10.4. The molecule has 136 valence electrons. The van der Waals surface area contributed by atoms with Gasteiger partial charge in [-0.2, -0.15) is 0 Å². The first kappa shape index (κ1) is 21.2. The van der Waals surface area contributed by atoms with E-state index in [4.69, 9.17) is 0 Å². The van der Waals surface area contributed by atoms with E-state index in [0.717, 1.165) is 38.9 Å². The molecule has 1 aromatic carbocycles. The maximum absolute atomic E-state index is 12.7. The molecule has 1 aromatic rings. The lowest BCUT2D eigenvalue weighted by Crippen LogP contribution is -2.38. The number of piperidine rings is 1. The minimum absolute atomic E-state index is 0. The van der Waals surface area contributed by atoms with E-state index in [2.05, 4.69) is 27.7 Å². The van der Waals surface area contributed by atoms with E-state index < -0.39 is 0 Å². The van der Waals surface area contributed by atoms with E-state index in [1.807, 2.05) is 32.3 Å². The summed E-state index contributed by atoms with van der Waals surface area (Å²) in [5.41, 5.74) is 1.49. The van der Waals surface area contributed by atoms with Crippen molar-refractivity contribution in [3.8, 4) is 0 Å². The Kier molecular flexibility index (Phi) is 8.00. The molecule has 1 aliphatic carbocycles. The molecular weight excluding hydrogens is 345 g/mol. The van der Waals surface area contributed by atoms with Gasteiger partial charge in [-0.05, 0) is 57.4 Å². The number of amides is 1. The van der Waals surface area contributed by atoms with Crippen LogP contribution in [0.25, 0.3) is 0 Å². The number of benzene rings is 1. The summed E-state index contributed by atoms with van der Waals surface area (Å²) in [7, 11) is 4.10. The molecule has 1 spiro atoms. The number of halogens is 2. The molecule has 1 saturated heterocycles. The minimum atomic E-state index is 0. The van der Waals surface area contributed by atoms with E-state index in [-0.39, 0.29) is 42.7 Å². The second-order valence-corrected chi connectivity index (χ2v) is 7.10. The number of carbonyl (C=O) groups excluding carboxylic acids is 1. The van der Waals surface area contributed by atoms with Gasteiger partial charge in [0.05, 0.1) is 6.04 Å². The van der Waals surface area contributed by atoms with E-state index in [1.54, 1.807) is 0 Å². The van der Waals surface area contributed by atoms with Crippen LogP contribution in [0.15, 0.2) is 30.3 Å². The van der Waals surface area contributed by atoms with Crippen LogP contribution >= 0.6 is 24.8 Å². The van der Waals surface area contributed by atoms with Gasteiger partial charge in [0.1, 0.15) is 0 Å². The molecule has 1 amide bonds. The molecule has 1 aliphatic heterocycles. The predicted molar refractivity (Wildman–Crippen MR) is 103 cm³/mol. The fourth-order valence-corrected chi connectivity index (χ4v) is 3.75. The van der Waals surface area contributed by atoms with Gasteiger partial charge in [0.2, 0.25) is 5.91 Å². The molecule has 1 saturated carbocycles. The van der Waals surface area contributed by atoms with Crippen molar-refractivity contribution in [2.75, 3.05) is 33.7 Å². The van der Waals surface area contributed by atoms with Crippen LogP contribution in [0.5, 0.6) is 0 Å². The zero-order chi connectivity index (χ0) is 15.6. The van der Waals surface area contributed by atoms with Crippen molar-refractivity contribution < 1.29 is 4.79 Å². The van der Waals surface area contributed by atoms with Gasteiger partial charge in [-0.3, -0.25) is 4.79 Å². The second kappa shape index (κ2) is 9.04. The molecule has 4 nitrogen and oxygen atoms in total. The van der Waals surface area contributed by atoms with Crippen molar-refractivity contribution in [3.63, 3.8) is 0 Å². The monoisotopic (exact) mass is 373 g/mol. The number of carbonyl (C=O) groups is 1. The van der Waals surface area contributed by atoms with Crippen molar-refractivity contribution in [2.45, 2.75) is 25.3 Å². The van der Waals surface area contributed by atoms with Gasteiger partial charge in [0, 0.05) is 12.5 Å². The van der Waals surface area contributed by atoms with Crippen molar-refractivity contribution in [1.29, 1.82) is 0 Å². The van der Waals surface area contributed by atoms with Gasteiger partial charge in [-0.15, -0.1) is 24.8 Å². The Morgan fingerprint density at radius 1 is 1.25 bits per heavy atom. The number of rotatable bonds is 5. The molecule has 2 atom stereocenters. The highest BCUT2D eigenvalue weighted by Crippen LogP contribution is 2.58. The molecule has 24 heavy (non-hydrogen) atoms. The van der Waals surface area contributed by atoms with Crippen LogP contribution in [0, 0.1) is 11.3 Å². The highest BCUT2D eigenvalue weighted by Gasteiger charge is 2.57. The lowest BCUT2D eigenvalue weighted by atomic mass is 9.91. The molecule has 0 radical (unpaired) electrons. The molecule has 3 rings (SSSR count). The zero-order valence-electron chi connectivity index (χ0n) is 14.5. The average Bonchev–Trinajstić information content (AvgIpc) is 3.21. The smallest absolute Gasteiger partial charge is 0.224 e. The Morgan fingerprint density at radius 2 is 1.88 bits per heavy atom. The van der Waals surface area contributed by atoms with Crippen molar-refractivity contribution in [2.24, 2.45) is 11.3 Å². The summed E-state index contributed by atoms with van der Waals surface area (Å²) in [5.74, 6) is 0.473. The molecule has 0 aromatic heterocycles. The summed E-state index contributed by atoms with van der Waals surface area (Å²) in [5, 5.41) is 6.69. The third-order valence-electron chi connectivity index (χ3n) is 5.17. The third-order valence-corrected chi connectivity index (χ3v) is 5.17. The zero-order valence-corrected chi connectivity index (χ0v) is 16.1. The Labute approximate surface area is 157 Å². The van der Waals surface area contributed by atoms with Gasteiger partial charge >= 0.3 is 0 Å². The quantitative estimate of drug-likeness (QED) is 0.833. The Bertz CT molecular complexity index is 518. The fraction of sp³-hybridized carbons (Fsp3) is 0.611. The number of nitrogens with one attached hydrogen (secondary N) is 2. The minimum Gasteiger partial charge on any atom is -0.348 e. The van der Waals surface area contributed by atoms with Crippen LogP contribution in [-0.4, -0.2) is 44.5 Å². The van der Waals surface area contributed by atoms with E-state index >= 15 is 0 Å². The van der Waals surface area contributed by atoms with Crippen LogP contribution in [0.3, 0.4) is 0 Å². The molecular formula is C18H29Cl2N3O. The lowest BCUT2D eigenvalue weighted by Gasteiger charge is -2.26. The highest BCUT2D eigenvalue weighted by atomic mass is 35.5. The van der Waals surface area contributed by atoms with Gasteiger partial charge in [0.15, 0.2) is 0 Å². The van der Waals surface area contributed by atoms with Crippen LogP contribution in [0.2, 0.25) is 0 Å². The third kappa shape index (κ3) is 4.85. The summed E-state index contributed by atoms with van der Waals surface area (Å²) in [6.07, 6.45) is 3.37. The molecule has 1 heterocycles. The first-order chi connectivity index (χ1) is 10.6. The summed E-state index contributed by atoms with van der Waals surface area (Å²) in [6.45, 7) is 2.95. The average molecular weight is 374 g/mol. The Hall–Kier alpha value is -0.810. The molecule has 6 heteroatoms. The van der Waals surface area contributed by atoms with Crippen LogP contribution in [-0.2, 0) is 4.79 Å². The number of hydrogen-bond donors (Lipinski definition) is 2. The maximum Gasteiger partial charge on any atom is 0.224 e. The van der Waals surface area contributed by atoms with Crippen LogP contribution in [0.4, 0.5) is 0 Å². The number of nitrogens with zero attached hydrogens (tertiary/aromatic N) is 1. The molecule has 2 unspecified atom stereocenters. The normalized spacial score (nSPS) is 22.2. The maximum atomic E-state index is 12.7. The van der Waals surface area contributed by atoms with Gasteiger partial charge in [-0.25, -0.2) is 0 Å². The summed E-state index contributed by atoms with van der Waals surface area (Å²) in [4.78, 5) is 14.8.